The van der Waals surface area contributed by atoms with Crippen molar-refractivity contribution in [2.45, 2.75) is 6.92 Å². The molecule has 0 radical (unpaired) electrons. The minimum absolute atomic E-state index is 0.0250. The lowest BCUT2D eigenvalue weighted by Gasteiger charge is -2.35. The summed E-state index contributed by atoms with van der Waals surface area (Å²) in [6, 6.07) is 22.0. The van der Waals surface area contributed by atoms with Gasteiger partial charge in [0, 0.05) is 37.8 Å². The fourth-order valence-electron chi connectivity index (χ4n) is 4.04. The van der Waals surface area contributed by atoms with Crippen molar-refractivity contribution in [1.82, 2.24) is 24.6 Å². The molecule has 1 amide bonds. The van der Waals surface area contributed by atoms with Crippen LogP contribution in [0, 0.1) is 6.92 Å². The van der Waals surface area contributed by atoms with Crippen LogP contribution in [0.5, 0.6) is 0 Å². The van der Waals surface area contributed by atoms with Gasteiger partial charge in [-0.2, -0.15) is 5.10 Å². The predicted octanol–water partition coefficient (Wildman–Crippen LogP) is 3.60. The molecule has 0 spiro atoms. The van der Waals surface area contributed by atoms with Gasteiger partial charge in [0.25, 0.3) is 5.91 Å². The van der Waals surface area contributed by atoms with Gasteiger partial charge in [-0.15, -0.1) is 0 Å². The second kappa shape index (κ2) is 8.63. The minimum atomic E-state index is 0.0250. The summed E-state index contributed by atoms with van der Waals surface area (Å²) in [5.41, 5.74) is 4.42. The van der Waals surface area contributed by atoms with Crippen LogP contribution >= 0.6 is 0 Å². The first-order chi connectivity index (χ1) is 15.7. The van der Waals surface area contributed by atoms with Crippen molar-refractivity contribution in [2.24, 2.45) is 0 Å². The fraction of sp³-hybridized carbons (Fsp3) is 0.200. The van der Waals surface area contributed by atoms with Gasteiger partial charge in [0.05, 0.1) is 28.8 Å². The Morgan fingerprint density at radius 2 is 1.56 bits per heavy atom. The monoisotopic (exact) mass is 424 g/mol. The van der Waals surface area contributed by atoms with Gasteiger partial charge in [0.15, 0.2) is 0 Å². The zero-order chi connectivity index (χ0) is 21.9. The van der Waals surface area contributed by atoms with E-state index in [1.54, 1.807) is 12.5 Å². The summed E-state index contributed by atoms with van der Waals surface area (Å²) in [6.07, 6.45) is 3.28. The first-order valence-electron chi connectivity index (χ1n) is 10.7. The Morgan fingerprint density at radius 1 is 0.875 bits per heavy atom. The molecule has 0 unspecified atom stereocenters. The molecule has 7 heteroatoms. The van der Waals surface area contributed by atoms with Crippen molar-refractivity contribution in [3.8, 4) is 16.9 Å². The Labute approximate surface area is 187 Å². The zero-order valence-corrected chi connectivity index (χ0v) is 17.9. The van der Waals surface area contributed by atoms with Crippen molar-refractivity contribution in [1.29, 1.82) is 0 Å². The molecule has 4 aromatic rings. The molecule has 0 bridgehead atoms. The van der Waals surface area contributed by atoms with Crippen molar-refractivity contribution < 1.29 is 4.79 Å². The number of piperazine rings is 1. The Hall–Kier alpha value is -4.00. The fourth-order valence-corrected chi connectivity index (χ4v) is 4.04. The number of carbonyl (C=O) groups is 1. The number of amides is 1. The smallest absolute Gasteiger partial charge is 0.257 e. The predicted molar refractivity (Wildman–Crippen MR) is 124 cm³/mol. The third-order valence-corrected chi connectivity index (χ3v) is 5.85. The third-order valence-electron chi connectivity index (χ3n) is 5.85. The second-order valence-corrected chi connectivity index (χ2v) is 7.80. The molecule has 0 atom stereocenters. The Morgan fingerprint density at radius 3 is 2.28 bits per heavy atom. The highest BCUT2D eigenvalue weighted by Crippen LogP contribution is 2.22. The molecule has 1 aliphatic heterocycles. The van der Waals surface area contributed by atoms with Gasteiger partial charge in [-0.3, -0.25) is 4.79 Å². The molecule has 160 valence electrons. The van der Waals surface area contributed by atoms with Gasteiger partial charge < -0.3 is 9.80 Å². The van der Waals surface area contributed by atoms with Gasteiger partial charge in [-0.25, -0.2) is 14.6 Å². The quantitative estimate of drug-likeness (QED) is 0.501. The Bertz CT molecular complexity index is 1210. The second-order valence-electron chi connectivity index (χ2n) is 7.80. The molecule has 5 rings (SSSR count). The van der Waals surface area contributed by atoms with E-state index in [4.69, 9.17) is 0 Å². The van der Waals surface area contributed by atoms with E-state index in [0.717, 1.165) is 41.5 Å². The van der Waals surface area contributed by atoms with E-state index in [1.165, 1.54) is 0 Å². The molecule has 3 heterocycles. The van der Waals surface area contributed by atoms with E-state index in [0.29, 0.717) is 18.7 Å². The van der Waals surface area contributed by atoms with E-state index in [9.17, 15) is 4.79 Å². The third kappa shape index (κ3) is 3.85. The van der Waals surface area contributed by atoms with Crippen LogP contribution in [-0.2, 0) is 0 Å². The van der Waals surface area contributed by atoms with Crippen LogP contribution in [0.1, 0.15) is 16.1 Å². The van der Waals surface area contributed by atoms with E-state index < -0.39 is 0 Å². The van der Waals surface area contributed by atoms with E-state index in [1.807, 2.05) is 83.2 Å². The van der Waals surface area contributed by atoms with Crippen LogP contribution in [-0.4, -0.2) is 56.7 Å². The summed E-state index contributed by atoms with van der Waals surface area (Å²) in [5.74, 6) is 0.913. The number of benzene rings is 2. The molecule has 32 heavy (non-hydrogen) atoms. The van der Waals surface area contributed by atoms with E-state index >= 15 is 0 Å². The summed E-state index contributed by atoms with van der Waals surface area (Å²) in [5, 5.41) is 4.44. The highest BCUT2D eigenvalue weighted by Gasteiger charge is 2.26. The SMILES string of the molecule is Cc1c(C(=O)N2CCN(c3cc(-c4ccccc4)ncn3)CC2)cnn1-c1ccccc1. The van der Waals surface area contributed by atoms with Crippen molar-refractivity contribution in [2.75, 3.05) is 31.1 Å². The lowest BCUT2D eigenvalue weighted by molar-refractivity contribution is 0.0745. The largest absolute Gasteiger partial charge is 0.353 e. The van der Waals surface area contributed by atoms with Gasteiger partial charge in [0.2, 0.25) is 0 Å². The van der Waals surface area contributed by atoms with Gasteiger partial charge in [-0.05, 0) is 19.1 Å². The molecule has 0 saturated carbocycles. The van der Waals surface area contributed by atoms with E-state index in [2.05, 4.69) is 20.0 Å². The van der Waals surface area contributed by atoms with Crippen LogP contribution < -0.4 is 4.90 Å². The number of anilines is 1. The molecule has 0 N–H and O–H groups in total. The Kier molecular flexibility index (Phi) is 5.37. The highest BCUT2D eigenvalue weighted by atomic mass is 16.2. The Balaban J connectivity index is 1.28. The van der Waals surface area contributed by atoms with Gasteiger partial charge >= 0.3 is 0 Å². The molecule has 1 saturated heterocycles. The summed E-state index contributed by atoms with van der Waals surface area (Å²) < 4.78 is 1.81. The van der Waals surface area contributed by atoms with Crippen molar-refractivity contribution >= 4 is 11.7 Å². The average Bonchev–Trinajstić information content (AvgIpc) is 3.26. The zero-order valence-electron chi connectivity index (χ0n) is 17.9. The van der Waals surface area contributed by atoms with Crippen LogP contribution in [0.3, 0.4) is 0 Å². The lowest BCUT2D eigenvalue weighted by Crippen LogP contribution is -2.49. The number of nitrogens with zero attached hydrogens (tertiary/aromatic N) is 6. The average molecular weight is 425 g/mol. The number of carbonyl (C=O) groups excluding carboxylic acids is 1. The molecule has 1 aliphatic rings. The maximum Gasteiger partial charge on any atom is 0.257 e. The lowest BCUT2D eigenvalue weighted by atomic mass is 10.1. The molecule has 2 aromatic heterocycles. The minimum Gasteiger partial charge on any atom is -0.353 e. The topological polar surface area (TPSA) is 67.2 Å². The van der Waals surface area contributed by atoms with E-state index in [-0.39, 0.29) is 5.91 Å². The molecule has 0 aliphatic carbocycles. The molecule has 2 aromatic carbocycles. The number of hydrogen-bond acceptors (Lipinski definition) is 5. The first kappa shape index (κ1) is 19.9. The van der Waals surface area contributed by atoms with Gasteiger partial charge in [0.1, 0.15) is 12.1 Å². The molecule has 7 nitrogen and oxygen atoms in total. The maximum absolute atomic E-state index is 13.2. The maximum atomic E-state index is 13.2. The number of rotatable bonds is 4. The number of hydrogen-bond donors (Lipinski definition) is 0. The summed E-state index contributed by atoms with van der Waals surface area (Å²) in [6.45, 7) is 4.67. The molecular formula is C25H24N6O. The van der Waals surface area contributed by atoms with Crippen LogP contribution in [0.15, 0.2) is 79.3 Å². The van der Waals surface area contributed by atoms with Crippen LogP contribution in [0.25, 0.3) is 16.9 Å². The summed E-state index contributed by atoms with van der Waals surface area (Å²) >= 11 is 0. The van der Waals surface area contributed by atoms with Crippen molar-refractivity contribution in [3.05, 3.63) is 90.5 Å². The number of para-hydroxylation sites is 1. The van der Waals surface area contributed by atoms with Crippen LogP contribution in [0.4, 0.5) is 5.82 Å². The summed E-state index contributed by atoms with van der Waals surface area (Å²) in [7, 11) is 0. The summed E-state index contributed by atoms with van der Waals surface area (Å²) in [4.78, 5) is 26.2. The van der Waals surface area contributed by atoms with Crippen molar-refractivity contribution in [3.63, 3.8) is 0 Å². The van der Waals surface area contributed by atoms with Gasteiger partial charge in [-0.1, -0.05) is 48.5 Å². The van der Waals surface area contributed by atoms with Crippen LogP contribution in [0.2, 0.25) is 0 Å². The highest BCUT2D eigenvalue weighted by molar-refractivity contribution is 5.95. The normalized spacial score (nSPS) is 13.9. The number of aromatic nitrogens is 4. The standard InChI is InChI=1S/C25H24N6O/c1-19-22(17-28-31(19)21-10-6-3-7-11-21)25(32)30-14-12-29(13-15-30)24-16-23(26-18-27-24)20-8-4-2-5-9-20/h2-11,16-18H,12-15H2,1H3. The molecule has 1 fully saturated rings. The molecular weight excluding hydrogens is 400 g/mol. The first-order valence-corrected chi connectivity index (χ1v) is 10.7.